The van der Waals surface area contributed by atoms with Gasteiger partial charge in [-0.05, 0) is 96.3 Å². The molecule has 1 fully saturated rings. The summed E-state index contributed by atoms with van der Waals surface area (Å²) in [5.41, 5.74) is 0. The SMILES string of the molecule is CC/C=C\C/C=C\C/C=C\C/C=C\C/C=C\C/C=C\C/C=C\C/C=C\C/C=C\C/C=C\CCCCCCC(=O)NC(COC1OC(CO)C(O)C(O)C1O)C(O)/C=C/CCCCCCCCCCCC. The van der Waals surface area contributed by atoms with Gasteiger partial charge in [0.15, 0.2) is 6.29 Å². The van der Waals surface area contributed by atoms with E-state index in [0.717, 1.165) is 116 Å². The molecule has 1 saturated heterocycles. The second-order valence-electron chi connectivity index (χ2n) is 18.3. The Bertz CT molecular complexity index is 1550. The topological polar surface area (TPSA) is 149 Å². The van der Waals surface area contributed by atoms with Crippen molar-refractivity contribution in [3.05, 3.63) is 134 Å². The van der Waals surface area contributed by atoms with Crippen LogP contribution in [0.5, 0.6) is 0 Å². The van der Waals surface area contributed by atoms with Gasteiger partial charge in [0.1, 0.15) is 24.4 Å². The minimum absolute atomic E-state index is 0.207. The second kappa shape index (κ2) is 48.9. The van der Waals surface area contributed by atoms with Crippen LogP contribution in [0.15, 0.2) is 134 Å². The normalized spacial score (nSPS) is 20.5. The van der Waals surface area contributed by atoms with Gasteiger partial charge in [0.25, 0.3) is 0 Å². The Morgan fingerprint density at radius 2 is 0.886 bits per heavy atom. The summed E-state index contributed by atoms with van der Waals surface area (Å²) in [5.74, 6) is -0.209. The van der Waals surface area contributed by atoms with Crippen LogP contribution in [0.1, 0.15) is 187 Å². The molecule has 0 saturated carbocycles. The quantitative estimate of drug-likeness (QED) is 0.0261. The van der Waals surface area contributed by atoms with Crippen LogP contribution < -0.4 is 5.32 Å². The summed E-state index contributed by atoms with van der Waals surface area (Å²) in [5, 5.41) is 54.3. The van der Waals surface area contributed by atoms with Crippen molar-refractivity contribution in [1.29, 1.82) is 0 Å². The van der Waals surface area contributed by atoms with Gasteiger partial charge in [0.2, 0.25) is 5.91 Å². The third kappa shape index (κ3) is 38.1. The third-order valence-corrected chi connectivity index (χ3v) is 12.0. The number of hydrogen-bond acceptors (Lipinski definition) is 8. The highest BCUT2D eigenvalue weighted by atomic mass is 16.7. The molecule has 1 heterocycles. The van der Waals surface area contributed by atoms with Gasteiger partial charge >= 0.3 is 0 Å². The number of aliphatic hydroxyl groups excluding tert-OH is 5. The number of rotatable bonds is 44. The van der Waals surface area contributed by atoms with E-state index in [4.69, 9.17) is 9.47 Å². The van der Waals surface area contributed by atoms with Gasteiger partial charge in [-0.1, -0.05) is 218 Å². The first-order chi connectivity index (χ1) is 34.3. The summed E-state index contributed by atoms with van der Waals surface area (Å²) in [4.78, 5) is 13.0. The summed E-state index contributed by atoms with van der Waals surface area (Å²) in [7, 11) is 0. The maximum Gasteiger partial charge on any atom is 0.220 e. The lowest BCUT2D eigenvalue weighted by atomic mass is 9.99. The molecule has 1 amide bonds. The predicted octanol–water partition coefficient (Wildman–Crippen LogP) is 13.3. The van der Waals surface area contributed by atoms with Crippen LogP contribution in [0.25, 0.3) is 0 Å². The van der Waals surface area contributed by atoms with Crippen LogP contribution >= 0.6 is 0 Å². The Balaban J connectivity index is 2.24. The predicted molar refractivity (Wildman–Crippen MR) is 294 cm³/mol. The molecule has 1 aliphatic heterocycles. The first kappa shape index (κ1) is 64.3. The van der Waals surface area contributed by atoms with Crippen LogP contribution in [0.3, 0.4) is 0 Å². The zero-order valence-electron chi connectivity index (χ0n) is 43.7. The number of allylic oxidation sites excluding steroid dienone is 21. The molecule has 9 nitrogen and oxygen atoms in total. The first-order valence-corrected chi connectivity index (χ1v) is 27.4. The van der Waals surface area contributed by atoms with E-state index in [2.05, 4.69) is 141 Å². The van der Waals surface area contributed by atoms with Crippen LogP contribution in [0.4, 0.5) is 0 Å². The fourth-order valence-electron chi connectivity index (χ4n) is 7.65. The lowest BCUT2D eigenvalue weighted by molar-refractivity contribution is -0.302. The molecule has 0 aromatic carbocycles. The largest absolute Gasteiger partial charge is 0.394 e. The average Bonchev–Trinajstić information content (AvgIpc) is 3.36. The molecule has 0 aromatic heterocycles. The molecule has 1 aliphatic rings. The van der Waals surface area contributed by atoms with Crippen molar-refractivity contribution in [3.8, 4) is 0 Å². The standard InChI is InChI=1S/C61H99NO8/c1-3-5-7-9-11-13-15-17-18-19-20-21-22-23-24-25-26-27-28-29-30-31-32-33-34-35-36-37-38-39-41-43-45-47-49-51-57(65)62-54(53-69-61-60(68)59(67)58(66)56(52-63)70-61)55(64)50-48-46-44-42-40-16-14-12-10-8-6-4-2/h5,7,11,13,17-18,20-21,23-24,26-27,29-30,32-33,35-36,38-39,48,50,54-56,58-61,63-64,66-68H,3-4,6,8-10,12,14-16,19,22,25,28,31,34,37,40-47,49,51-53H2,1-2H3,(H,62,65)/b7-5-,13-11-,18-17-,21-20-,24-23-,27-26-,30-29-,33-32-,36-35-,39-38-,50-48+. The van der Waals surface area contributed by atoms with Crippen molar-refractivity contribution in [3.63, 3.8) is 0 Å². The Labute approximate surface area is 426 Å². The fraction of sp³-hybridized carbons (Fsp3) is 0.623. The van der Waals surface area contributed by atoms with Crippen LogP contribution in [-0.2, 0) is 14.3 Å². The number of ether oxygens (including phenoxy) is 2. The smallest absolute Gasteiger partial charge is 0.220 e. The Hall–Kier alpha value is -3.67. The molecule has 0 aliphatic carbocycles. The van der Waals surface area contributed by atoms with Crippen molar-refractivity contribution < 1.29 is 39.8 Å². The Morgan fingerprint density at radius 3 is 1.31 bits per heavy atom. The Kier molecular flexibility index (Phi) is 45.0. The van der Waals surface area contributed by atoms with E-state index in [9.17, 15) is 30.3 Å². The van der Waals surface area contributed by atoms with Crippen molar-refractivity contribution in [2.24, 2.45) is 0 Å². The molecule has 0 radical (unpaired) electrons. The Morgan fingerprint density at radius 1 is 0.500 bits per heavy atom. The molecule has 0 spiro atoms. The molecule has 70 heavy (non-hydrogen) atoms. The lowest BCUT2D eigenvalue weighted by Gasteiger charge is -2.40. The molecule has 7 unspecified atom stereocenters. The number of nitrogens with one attached hydrogen (secondary N) is 1. The van der Waals surface area contributed by atoms with E-state index >= 15 is 0 Å². The minimum Gasteiger partial charge on any atom is -0.394 e. The van der Waals surface area contributed by atoms with Gasteiger partial charge in [0, 0.05) is 6.42 Å². The fourth-order valence-corrected chi connectivity index (χ4v) is 7.65. The summed E-state index contributed by atoms with van der Waals surface area (Å²) in [6.07, 6.45) is 67.9. The van der Waals surface area contributed by atoms with Gasteiger partial charge in [-0.25, -0.2) is 0 Å². The molecular formula is C61H99NO8. The molecule has 6 N–H and O–H groups in total. The highest BCUT2D eigenvalue weighted by Gasteiger charge is 2.44. The van der Waals surface area contributed by atoms with E-state index < -0.39 is 49.5 Å². The number of aliphatic hydroxyl groups is 5. The van der Waals surface area contributed by atoms with Crippen molar-refractivity contribution >= 4 is 5.91 Å². The molecule has 9 heteroatoms. The summed E-state index contributed by atoms with van der Waals surface area (Å²) < 4.78 is 11.2. The van der Waals surface area contributed by atoms with Crippen molar-refractivity contribution in [2.45, 2.75) is 230 Å². The zero-order valence-corrected chi connectivity index (χ0v) is 43.7. The van der Waals surface area contributed by atoms with E-state index in [-0.39, 0.29) is 12.5 Å². The van der Waals surface area contributed by atoms with E-state index in [1.807, 2.05) is 6.08 Å². The average molecular weight is 974 g/mol. The zero-order chi connectivity index (χ0) is 50.8. The highest BCUT2D eigenvalue weighted by Crippen LogP contribution is 2.22. The number of unbranched alkanes of at least 4 members (excludes halogenated alkanes) is 14. The number of carbonyl (C=O) groups is 1. The van der Waals surface area contributed by atoms with Crippen LogP contribution in [0, 0.1) is 0 Å². The highest BCUT2D eigenvalue weighted by molar-refractivity contribution is 5.76. The van der Waals surface area contributed by atoms with Gasteiger partial charge in [0.05, 0.1) is 25.4 Å². The van der Waals surface area contributed by atoms with Gasteiger partial charge in [-0.2, -0.15) is 0 Å². The molecule has 7 atom stereocenters. The molecule has 396 valence electrons. The van der Waals surface area contributed by atoms with E-state index in [1.165, 1.54) is 51.4 Å². The van der Waals surface area contributed by atoms with Gasteiger partial charge in [-0.15, -0.1) is 0 Å². The van der Waals surface area contributed by atoms with Gasteiger partial charge in [-0.3, -0.25) is 4.79 Å². The van der Waals surface area contributed by atoms with Crippen LogP contribution in [-0.4, -0.2) is 87.5 Å². The van der Waals surface area contributed by atoms with Crippen LogP contribution in [0.2, 0.25) is 0 Å². The molecular weight excluding hydrogens is 875 g/mol. The molecule has 0 bridgehead atoms. The summed E-state index contributed by atoms with van der Waals surface area (Å²) in [6.45, 7) is 3.61. The van der Waals surface area contributed by atoms with E-state index in [0.29, 0.717) is 6.42 Å². The molecule has 1 rings (SSSR count). The lowest BCUT2D eigenvalue weighted by Crippen LogP contribution is -2.60. The monoisotopic (exact) mass is 974 g/mol. The summed E-state index contributed by atoms with van der Waals surface area (Å²) >= 11 is 0. The third-order valence-electron chi connectivity index (χ3n) is 12.0. The number of hydrogen-bond donors (Lipinski definition) is 6. The minimum atomic E-state index is -1.58. The molecule has 0 aromatic rings. The number of amides is 1. The first-order valence-electron chi connectivity index (χ1n) is 27.4. The van der Waals surface area contributed by atoms with Gasteiger partial charge < -0.3 is 40.3 Å². The second-order valence-corrected chi connectivity index (χ2v) is 18.3. The van der Waals surface area contributed by atoms with Crippen molar-refractivity contribution in [1.82, 2.24) is 5.32 Å². The maximum absolute atomic E-state index is 13.0. The number of carbonyl (C=O) groups excluding carboxylic acids is 1. The maximum atomic E-state index is 13.0. The van der Waals surface area contributed by atoms with Crippen molar-refractivity contribution in [2.75, 3.05) is 13.2 Å². The summed E-state index contributed by atoms with van der Waals surface area (Å²) in [6, 6.07) is -0.827. The van der Waals surface area contributed by atoms with E-state index in [1.54, 1.807) is 6.08 Å².